The molecule has 2 amide bonds. The minimum absolute atomic E-state index is 0.0474. The zero-order chi connectivity index (χ0) is 24.2. The Kier molecular flexibility index (Phi) is 6.65. The molecule has 0 unspecified atom stereocenters. The molecule has 7 nitrogen and oxygen atoms in total. The van der Waals surface area contributed by atoms with Gasteiger partial charge in [-0.05, 0) is 74.5 Å². The Labute approximate surface area is 201 Å². The first-order valence-electron chi connectivity index (χ1n) is 10.5. The molecule has 0 atom stereocenters. The summed E-state index contributed by atoms with van der Waals surface area (Å²) < 4.78 is 10.9. The normalized spacial score (nSPS) is 13.5. The Hall–Kier alpha value is -4.10. The van der Waals surface area contributed by atoms with Gasteiger partial charge in [-0.3, -0.25) is 9.59 Å². The Morgan fingerprint density at radius 3 is 2.09 bits per heavy atom. The highest BCUT2D eigenvalue weighted by atomic mass is 35.5. The number of amides is 2. The average Bonchev–Trinajstić information content (AvgIpc) is 3.03. The van der Waals surface area contributed by atoms with Crippen LogP contribution in [0.3, 0.4) is 0 Å². The van der Waals surface area contributed by atoms with Crippen LogP contribution in [0.2, 0.25) is 0 Å². The Bertz CT molecular complexity index is 1250. The van der Waals surface area contributed by atoms with Crippen molar-refractivity contribution in [3.8, 4) is 11.5 Å². The second-order valence-corrected chi connectivity index (χ2v) is 8.08. The Balaban J connectivity index is 1.46. The molecule has 0 saturated carbocycles. The van der Waals surface area contributed by atoms with Crippen LogP contribution in [0.4, 0.5) is 11.4 Å². The van der Waals surface area contributed by atoms with Crippen LogP contribution in [0.5, 0.6) is 11.5 Å². The fourth-order valence-corrected chi connectivity index (χ4v) is 3.46. The summed E-state index contributed by atoms with van der Waals surface area (Å²) in [4.78, 5) is 38.7. The molecule has 8 heteroatoms. The maximum absolute atomic E-state index is 13.0. The van der Waals surface area contributed by atoms with Crippen LogP contribution in [0.15, 0.2) is 89.6 Å². The highest BCUT2D eigenvalue weighted by molar-refractivity contribution is 6.53. The number of carbonyl (C=O) groups excluding carboxylic acids is 3. The van der Waals surface area contributed by atoms with E-state index in [4.69, 9.17) is 21.1 Å². The molecule has 0 saturated heterocycles. The van der Waals surface area contributed by atoms with Gasteiger partial charge in [-0.1, -0.05) is 29.8 Å². The van der Waals surface area contributed by atoms with Crippen molar-refractivity contribution in [1.82, 2.24) is 0 Å². The van der Waals surface area contributed by atoms with Crippen molar-refractivity contribution in [2.24, 2.45) is 0 Å². The van der Waals surface area contributed by atoms with E-state index in [1.165, 1.54) is 0 Å². The van der Waals surface area contributed by atoms with E-state index in [0.29, 0.717) is 28.4 Å². The monoisotopic (exact) mass is 476 g/mol. The van der Waals surface area contributed by atoms with Crippen LogP contribution in [0.25, 0.3) is 0 Å². The van der Waals surface area contributed by atoms with E-state index in [2.05, 4.69) is 5.32 Å². The maximum Gasteiger partial charge on any atom is 0.338 e. The van der Waals surface area contributed by atoms with E-state index in [0.717, 1.165) is 4.90 Å². The molecule has 3 aromatic carbocycles. The SMILES string of the molecule is CC(C)OC(=O)c1ccc(NC2=C(Cl)C(=O)N(c3ccc(Oc4ccccc4)cc3)C2=O)cc1. The topological polar surface area (TPSA) is 84.9 Å². The molecule has 3 aromatic rings. The second kappa shape index (κ2) is 9.80. The third-order valence-corrected chi connectivity index (χ3v) is 5.18. The summed E-state index contributed by atoms with van der Waals surface area (Å²) in [5.74, 6) is -0.444. The number of esters is 1. The van der Waals surface area contributed by atoms with Crippen molar-refractivity contribution in [3.63, 3.8) is 0 Å². The van der Waals surface area contributed by atoms with Crippen molar-refractivity contribution in [2.45, 2.75) is 20.0 Å². The van der Waals surface area contributed by atoms with Gasteiger partial charge in [0.25, 0.3) is 11.8 Å². The molecule has 1 aliphatic heterocycles. The number of nitrogens with one attached hydrogen (secondary N) is 1. The van der Waals surface area contributed by atoms with Gasteiger partial charge in [0, 0.05) is 5.69 Å². The van der Waals surface area contributed by atoms with Crippen molar-refractivity contribution in [1.29, 1.82) is 0 Å². The highest BCUT2D eigenvalue weighted by Gasteiger charge is 2.39. The van der Waals surface area contributed by atoms with Gasteiger partial charge in [0.2, 0.25) is 0 Å². The standard InChI is InChI=1S/C26H21ClN2O5/c1-16(2)33-26(32)17-8-10-18(11-9-17)28-23-22(27)24(30)29(25(23)31)19-12-14-21(15-13-19)34-20-6-4-3-5-7-20/h3-16,28H,1-2H3. The van der Waals surface area contributed by atoms with E-state index in [9.17, 15) is 14.4 Å². The number of halogens is 1. The van der Waals surface area contributed by atoms with Crippen LogP contribution >= 0.6 is 11.6 Å². The first-order valence-corrected chi connectivity index (χ1v) is 10.9. The number of nitrogens with zero attached hydrogens (tertiary/aromatic N) is 1. The summed E-state index contributed by atoms with van der Waals surface area (Å²) in [6.07, 6.45) is -0.235. The predicted octanol–water partition coefficient (Wildman–Crippen LogP) is 5.48. The first kappa shape index (κ1) is 23.1. The van der Waals surface area contributed by atoms with Gasteiger partial charge in [0.15, 0.2) is 0 Å². The van der Waals surface area contributed by atoms with E-state index >= 15 is 0 Å². The first-order chi connectivity index (χ1) is 16.3. The molecular weight excluding hydrogens is 456 g/mol. The largest absolute Gasteiger partial charge is 0.459 e. The molecule has 0 radical (unpaired) electrons. The Morgan fingerprint density at radius 1 is 0.853 bits per heavy atom. The summed E-state index contributed by atoms with van der Waals surface area (Å²) in [6, 6.07) is 22.1. The van der Waals surface area contributed by atoms with Crippen molar-refractivity contribution < 1.29 is 23.9 Å². The smallest absolute Gasteiger partial charge is 0.338 e. The number of hydrogen-bond acceptors (Lipinski definition) is 6. The van der Waals surface area contributed by atoms with Gasteiger partial charge in [-0.25, -0.2) is 9.69 Å². The summed E-state index contributed by atoms with van der Waals surface area (Å²) in [7, 11) is 0. The van der Waals surface area contributed by atoms with E-state index < -0.39 is 17.8 Å². The van der Waals surface area contributed by atoms with Crippen LogP contribution < -0.4 is 15.0 Å². The minimum Gasteiger partial charge on any atom is -0.459 e. The number of para-hydroxylation sites is 1. The lowest BCUT2D eigenvalue weighted by Gasteiger charge is -2.16. The van der Waals surface area contributed by atoms with E-state index in [-0.39, 0.29) is 16.8 Å². The van der Waals surface area contributed by atoms with E-state index in [1.54, 1.807) is 62.4 Å². The zero-order valence-corrected chi connectivity index (χ0v) is 19.2. The molecule has 1 aliphatic rings. The molecule has 0 aliphatic carbocycles. The lowest BCUT2D eigenvalue weighted by atomic mass is 10.2. The highest BCUT2D eigenvalue weighted by Crippen LogP contribution is 2.32. The second-order valence-electron chi connectivity index (χ2n) is 7.70. The van der Waals surface area contributed by atoms with Gasteiger partial charge in [0.1, 0.15) is 22.2 Å². The molecule has 0 spiro atoms. The lowest BCUT2D eigenvalue weighted by molar-refractivity contribution is -0.120. The van der Waals surface area contributed by atoms with Gasteiger partial charge < -0.3 is 14.8 Å². The zero-order valence-electron chi connectivity index (χ0n) is 18.4. The van der Waals surface area contributed by atoms with Gasteiger partial charge in [0.05, 0.1) is 17.4 Å². The third-order valence-electron chi connectivity index (χ3n) is 4.83. The van der Waals surface area contributed by atoms with Crippen molar-refractivity contribution >= 4 is 40.8 Å². The summed E-state index contributed by atoms with van der Waals surface area (Å²) in [6.45, 7) is 3.53. The van der Waals surface area contributed by atoms with Gasteiger partial charge in [-0.15, -0.1) is 0 Å². The fraction of sp³-hybridized carbons (Fsp3) is 0.115. The van der Waals surface area contributed by atoms with Crippen molar-refractivity contribution in [3.05, 3.63) is 95.2 Å². The molecule has 1 N–H and O–H groups in total. The van der Waals surface area contributed by atoms with Gasteiger partial charge in [-0.2, -0.15) is 0 Å². The molecular formula is C26H21ClN2O5. The van der Waals surface area contributed by atoms with Crippen LogP contribution in [-0.2, 0) is 14.3 Å². The molecule has 1 heterocycles. The van der Waals surface area contributed by atoms with Gasteiger partial charge >= 0.3 is 5.97 Å². The van der Waals surface area contributed by atoms with E-state index in [1.807, 2.05) is 30.3 Å². The van der Waals surface area contributed by atoms with Crippen LogP contribution in [0.1, 0.15) is 24.2 Å². The molecule has 34 heavy (non-hydrogen) atoms. The summed E-state index contributed by atoms with van der Waals surface area (Å²) >= 11 is 6.20. The number of anilines is 2. The molecule has 172 valence electrons. The number of benzene rings is 3. The molecule has 0 fully saturated rings. The average molecular weight is 477 g/mol. The minimum atomic E-state index is -0.636. The number of rotatable bonds is 7. The molecule has 0 bridgehead atoms. The quantitative estimate of drug-likeness (QED) is 0.359. The predicted molar refractivity (Wildman–Crippen MR) is 129 cm³/mol. The third kappa shape index (κ3) is 4.94. The van der Waals surface area contributed by atoms with Crippen molar-refractivity contribution in [2.75, 3.05) is 10.2 Å². The fourth-order valence-electron chi connectivity index (χ4n) is 3.25. The lowest BCUT2D eigenvalue weighted by Crippen LogP contribution is -2.32. The summed E-state index contributed by atoms with van der Waals surface area (Å²) in [5, 5.41) is 2.66. The van der Waals surface area contributed by atoms with Crippen LogP contribution in [-0.4, -0.2) is 23.9 Å². The number of carbonyl (C=O) groups is 3. The number of imide groups is 1. The molecule has 0 aromatic heterocycles. The maximum atomic E-state index is 13.0. The molecule has 4 rings (SSSR count). The summed E-state index contributed by atoms with van der Waals surface area (Å²) in [5.41, 5.74) is 1.17. The van der Waals surface area contributed by atoms with Crippen LogP contribution in [0, 0.1) is 0 Å². The Morgan fingerprint density at radius 2 is 1.47 bits per heavy atom. The number of hydrogen-bond donors (Lipinski definition) is 1. The number of ether oxygens (including phenoxy) is 2.